The van der Waals surface area contributed by atoms with E-state index in [0.717, 1.165) is 12.8 Å². The quantitative estimate of drug-likeness (QED) is 0.660. The molecule has 0 unspecified atom stereocenters. The summed E-state index contributed by atoms with van der Waals surface area (Å²) >= 11 is 0. The maximum atomic E-state index is 12.6. The average Bonchev–Trinajstić information content (AvgIpc) is 3.02. The SMILES string of the molecule is N[C@@H]1CC[C@H]2CN(S(=O)(=O)c3ccc([N+](=O)[O-])cc3)C[C@H]21. The van der Waals surface area contributed by atoms with E-state index in [0.29, 0.717) is 19.0 Å². The standard InChI is InChI=1S/C13H17N3O4S/c14-13-6-1-9-7-15(8-12(9)13)21(19,20)11-4-2-10(3-5-11)16(17)18/h2-5,9,12-13H,1,6-8,14H2/t9-,12+,13+/m0/s1. The Morgan fingerprint density at radius 1 is 1.19 bits per heavy atom. The maximum Gasteiger partial charge on any atom is 0.269 e. The average molecular weight is 311 g/mol. The van der Waals surface area contributed by atoms with Gasteiger partial charge in [0.15, 0.2) is 0 Å². The number of nitro benzene ring substituents is 1. The van der Waals surface area contributed by atoms with Crippen LogP contribution in [-0.4, -0.2) is 36.8 Å². The van der Waals surface area contributed by atoms with Gasteiger partial charge in [0.05, 0.1) is 9.82 Å². The van der Waals surface area contributed by atoms with Gasteiger partial charge in [0.25, 0.3) is 5.69 Å². The van der Waals surface area contributed by atoms with Crippen LogP contribution in [-0.2, 0) is 10.0 Å². The molecule has 2 N–H and O–H groups in total. The summed E-state index contributed by atoms with van der Waals surface area (Å²) in [5, 5.41) is 10.6. The van der Waals surface area contributed by atoms with E-state index in [2.05, 4.69) is 0 Å². The van der Waals surface area contributed by atoms with Gasteiger partial charge in [-0.15, -0.1) is 0 Å². The van der Waals surface area contributed by atoms with Crippen molar-refractivity contribution in [3.8, 4) is 0 Å². The molecule has 3 atom stereocenters. The van der Waals surface area contributed by atoms with Crippen molar-refractivity contribution in [2.75, 3.05) is 13.1 Å². The highest BCUT2D eigenvalue weighted by molar-refractivity contribution is 7.89. The zero-order valence-corrected chi connectivity index (χ0v) is 12.2. The summed E-state index contributed by atoms with van der Waals surface area (Å²) in [6.07, 6.45) is 1.93. The number of non-ortho nitro benzene ring substituents is 1. The number of hydrogen-bond donors (Lipinski definition) is 1. The number of nitrogens with two attached hydrogens (primary N) is 1. The minimum atomic E-state index is -3.59. The minimum Gasteiger partial charge on any atom is -0.327 e. The molecule has 1 aliphatic heterocycles. The fourth-order valence-corrected chi connectivity index (χ4v) is 4.89. The van der Waals surface area contributed by atoms with Crippen LogP contribution in [0, 0.1) is 22.0 Å². The van der Waals surface area contributed by atoms with Crippen molar-refractivity contribution in [1.82, 2.24) is 4.31 Å². The predicted octanol–water partition coefficient (Wildman–Crippen LogP) is 0.953. The van der Waals surface area contributed by atoms with Gasteiger partial charge in [-0.05, 0) is 36.8 Å². The molecule has 2 aliphatic rings. The molecule has 1 heterocycles. The summed E-state index contributed by atoms with van der Waals surface area (Å²) in [4.78, 5) is 10.2. The number of nitrogens with zero attached hydrogens (tertiary/aromatic N) is 2. The van der Waals surface area contributed by atoms with Crippen LogP contribution < -0.4 is 5.73 Å². The molecule has 1 aromatic rings. The van der Waals surface area contributed by atoms with Crippen molar-refractivity contribution in [2.45, 2.75) is 23.8 Å². The molecular formula is C13H17N3O4S. The van der Waals surface area contributed by atoms with E-state index < -0.39 is 14.9 Å². The Morgan fingerprint density at radius 3 is 2.43 bits per heavy atom. The molecule has 3 rings (SSSR count). The maximum absolute atomic E-state index is 12.6. The van der Waals surface area contributed by atoms with Gasteiger partial charge >= 0.3 is 0 Å². The first kappa shape index (κ1) is 14.4. The molecule has 1 saturated carbocycles. The van der Waals surface area contributed by atoms with E-state index in [1.807, 2.05) is 0 Å². The zero-order valence-electron chi connectivity index (χ0n) is 11.4. The van der Waals surface area contributed by atoms with Gasteiger partial charge in [0.2, 0.25) is 10.0 Å². The molecule has 8 heteroatoms. The monoisotopic (exact) mass is 311 g/mol. The highest BCUT2D eigenvalue weighted by Gasteiger charge is 2.45. The summed E-state index contributed by atoms with van der Waals surface area (Å²) in [5.74, 6) is 0.575. The van der Waals surface area contributed by atoms with E-state index in [1.54, 1.807) is 0 Å². The van der Waals surface area contributed by atoms with E-state index in [1.165, 1.54) is 28.6 Å². The molecule has 21 heavy (non-hydrogen) atoms. The Kier molecular flexibility index (Phi) is 3.46. The molecular weight excluding hydrogens is 294 g/mol. The lowest BCUT2D eigenvalue weighted by atomic mass is 9.98. The van der Waals surface area contributed by atoms with E-state index >= 15 is 0 Å². The number of nitro groups is 1. The van der Waals surface area contributed by atoms with Crippen molar-refractivity contribution in [1.29, 1.82) is 0 Å². The third kappa shape index (κ3) is 2.43. The van der Waals surface area contributed by atoms with Crippen LogP contribution in [0.2, 0.25) is 0 Å². The summed E-state index contributed by atoms with van der Waals surface area (Å²) in [6, 6.07) is 5.10. The first-order valence-corrected chi connectivity index (χ1v) is 8.34. The highest BCUT2D eigenvalue weighted by Crippen LogP contribution is 2.39. The molecule has 2 fully saturated rings. The molecule has 0 aromatic heterocycles. The molecule has 0 bridgehead atoms. The van der Waals surface area contributed by atoms with Crippen molar-refractivity contribution >= 4 is 15.7 Å². The molecule has 1 aliphatic carbocycles. The lowest BCUT2D eigenvalue weighted by molar-refractivity contribution is -0.384. The fraction of sp³-hybridized carbons (Fsp3) is 0.538. The molecule has 0 amide bonds. The van der Waals surface area contributed by atoms with Crippen LogP contribution in [0.5, 0.6) is 0 Å². The first-order chi connectivity index (χ1) is 9.89. The van der Waals surface area contributed by atoms with Crippen LogP contribution >= 0.6 is 0 Å². The van der Waals surface area contributed by atoms with Gasteiger partial charge in [-0.25, -0.2) is 8.42 Å². The molecule has 0 spiro atoms. The van der Waals surface area contributed by atoms with Gasteiger partial charge in [0, 0.05) is 31.3 Å². The predicted molar refractivity (Wildman–Crippen MR) is 76.0 cm³/mol. The van der Waals surface area contributed by atoms with Crippen LogP contribution in [0.3, 0.4) is 0 Å². The van der Waals surface area contributed by atoms with Crippen LogP contribution in [0.25, 0.3) is 0 Å². The van der Waals surface area contributed by atoms with E-state index in [-0.39, 0.29) is 22.5 Å². The molecule has 1 saturated heterocycles. The Bertz CT molecular complexity index is 658. The zero-order chi connectivity index (χ0) is 15.2. The fourth-order valence-electron chi connectivity index (χ4n) is 3.35. The lowest BCUT2D eigenvalue weighted by Gasteiger charge is -2.18. The topological polar surface area (TPSA) is 107 Å². The van der Waals surface area contributed by atoms with E-state index in [4.69, 9.17) is 5.73 Å². The Morgan fingerprint density at radius 2 is 1.86 bits per heavy atom. The number of sulfonamides is 1. The minimum absolute atomic E-state index is 0.0760. The number of benzene rings is 1. The van der Waals surface area contributed by atoms with Crippen LogP contribution in [0.1, 0.15) is 12.8 Å². The molecule has 1 aromatic carbocycles. The second kappa shape index (κ2) is 5.04. The third-order valence-electron chi connectivity index (χ3n) is 4.56. The Hall–Kier alpha value is -1.51. The first-order valence-electron chi connectivity index (χ1n) is 6.90. The van der Waals surface area contributed by atoms with Gasteiger partial charge in [-0.3, -0.25) is 10.1 Å². The van der Waals surface area contributed by atoms with E-state index in [9.17, 15) is 18.5 Å². The highest BCUT2D eigenvalue weighted by atomic mass is 32.2. The smallest absolute Gasteiger partial charge is 0.269 e. The van der Waals surface area contributed by atoms with Gasteiger partial charge in [-0.1, -0.05) is 0 Å². The van der Waals surface area contributed by atoms with Crippen molar-refractivity contribution < 1.29 is 13.3 Å². The summed E-state index contributed by atoms with van der Waals surface area (Å²) in [7, 11) is -3.59. The summed E-state index contributed by atoms with van der Waals surface area (Å²) < 4.78 is 26.6. The normalized spacial score (nSPS) is 29.5. The van der Waals surface area contributed by atoms with Crippen LogP contribution in [0.4, 0.5) is 5.69 Å². The number of hydrogen-bond acceptors (Lipinski definition) is 5. The van der Waals surface area contributed by atoms with Crippen LogP contribution in [0.15, 0.2) is 29.2 Å². The summed E-state index contributed by atoms with van der Waals surface area (Å²) in [5.41, 5.74) is 5.90. The van der Waals surface area contributed by atoms with Gasteiger partial charge < -0.3 is 5.73 Å². The molecule has 114 valence electrons. The summed E-state index contributed by atoms with van der Waals surface area (Å²) in [6.45, 7) is 0.947. The second-order valence-electron chi connectivity index (χ2n) is 5.74. The second-order valence-corrected chi connectivity index (χ2v) is 7.68. The van der Waals surface area contributed by atoms with Gasteiger partial charge in [-0.2, -0.15) is 4.31 Å². The largest absolute Gasteiger partial charge is 0.327 e. The number of rotatable bonds is 3. The third-order valence-corrected chi connectivity index (χ3v) is 6.41. The van der Waals surface area contributed by atoms with Crippen molar-refractivity contribution in [3.63, 3.8) is 0 Å². The van der Waals surface area contributed by atoms with Crippen molar-refractivity contribution in [3.05, 3.63) is 34.4 Å². The van der Waals surface area contributed by atoms with Crippen molar-refractivity contribution in [2.24, 2.45) is 17.6 Å². The Balaban J connectivity index is 1.83. The van der Waals surface area contributed by atoms with Gasteiger partial charge in [0.1, 0.15) is 0 Å². The molecule has 0 radical (unpaired) electrons. The lowest BCUT2D eigenvalue weighted by Crippen LogP contribution is -2.33. The number of fused-ring (bicyclic) bond motifs is 1. The molecule has 7 nitrogen and oxygen atoms in total. The Labute approximate surface area is 122 Å².